The quantitative estimate of drug-likeness (QED) is 0.405. The van der Waals surface area contributed by atoms with Crippen molar-refractivity contribution in [2.45, 2.75) is 6.92 Å². The second-order valence-corrected chi connectivity index (χ2v) is 6.98. The first-order chi connectivity index (χ1) is 13.1. The molecule has 4 aromatic heterocycles. The number of pyridine rings is 1. The number of aliphatic imine (C=N–C) groups is 2. The Labute approximate surface area is 160 Å². The Balaban J connectivity index is 1.96. The Morgan fingerprint density at radius 2 is 2.00 bits per heavy atom. The molecule has 27 heavy (non-hydrogen) atoms. The molecule has 0 aliphatic heterocycles. The number of thiazole rings is 1. The fraction of sp³-hybridized carbons (Fsp3) is 0.158. The molecule has 134 valence electrons. The summed E-state index contributed by atoms with van der Waals surface area (Å²) in [6, 6.07) is 4.05. The smallest absolute Gasteiger partial charge is 0.172 e. The maximum absolute atomic E-state index is 4.86. The van der Waals surface area contributed by atoms with Gasteiger partial charge in [-0.15, -0.1) is 11.3 Å². The van der Waals surface area contributed by atoms with Crippen molar-refractivity contribution in [3.63, 3.8) is 0 Å². The Morgan fingerprint density at radius 1 is 1.22 bits per heavy atom. The van der Waals surface area contributed by atoms with Gasteiger partial charge in [-0.05, 0) is 25.8 Å². The van der Waals surface area contributed by atoms with Crippen LogP contribution in [-0.4, -0.2) is 44.1 Å². The molecule has 4 rings (SSSR count). The van der Waals surface area contributed by atoms with Crippen LogP contribution >= 0.6 is 11.3 Å². The topological polar surface area (TPSA) is 81.2 Å². The number of aromatic nitrogens is 5. The zero-order valence-electron chi connectivity index (χ0n) is 15.2. The van der Waals surface area contributed by atoms with Gasteiger partial charge in [-0.25, -0.2) is 24.9 Å². The lowest BCUT2D eigenvalue weighted by molar-refractivity contribution is 0.968. The van der Waals surface area contributed by atoms with Crippen LogP contribution in [0.3, 0.4) is 0 Å². The lowest BCUT2D eigenvalue weighted by Gasteiger charge is -2.07. The number of hydrogen-bond acceptors (Lipinski definition) is 6. The van der Waals surface area contributed by atoms with Crippen molar-refractivity contribution in [1.82, 2.24) is 24.5 Å². The van der Waals surface area contributed by atoms with Gasteiger partial charge in [0.05, 0.1) is 21.8 Å². The van der Waals surface area contributed by atoms with Crippen molar-refractivity contribution in [3.8, 4) is 21.1 Å². The number of nitrogens with zero attached hydrogens (tertiary/aromatic N) is 7. The normalized spacial score (nSPS) is 11.9. The van der Waals surface area contributed by atoms with Crippen LogP contribution in [0.4, 0.5) is 0 Å². The number of fused-ring (bicyclic) bond motifs is 1. The van der Waals surface area contributed by atoms with Gasteiger partial charge < -0.3 is 4.57 Å². The van der Waals surface area contributed by atoms with Gasteiger partial charge in [-0.3, -0.25) is 4.99 Å². The van der Waals surface area contributed by atoms with Crippen LogP contribution in [0.5, 0.6) is 0 Å². The van der Waals surface area contributed by atoms with E-state index in [4.69, 9.17) is 9.97 Å². The molecule has 0 spiro atoms. The van der Waals surface area contributed by atoms with Gasteiger partial charge in [0.1, 0.15) is 17.0 Å². The molecule has 0 fully saturated rings. The Hall–Kier alpha value is -3.26. The van der Waals surface area contributed by atoms with E-state index in [9.17, 15) is 0 Å². The highest BCUT2D eigenvalue weighted by atomic mass is 32.1. The zero-order chi connectivity index (χ0) is 19.0. The number of aryl methyl sites for hydroxylation is 2. The molecule has 0 radical (unpaired) electrons. The van der Waals surface area contributed by atoms with Crippen LogP contribution in [0.25, 0.3) is 32.0 Å². The van der Waals surface area contributed by atoms with Gasteiger partial charge in [0.15, 0.2) is 5.84 Å². The summed E-state index contributed by atoms with van der Waals surface area (Å²) in [7, 11) is 3.69. The van der Waals surface area contributed by atoms with Crippen LogP contribution in [0.1, 0.15) is 11.4 Å². The Kier molecular flexibility index (Phi) is 4.33. The molecule has 8 heteroatoms. The maximum Gasteiger partial charge on any atom is 0.172 e. The van der Waals surface area contributed by atoms with Crippen LogP contribution in [0, 0.1) is 6.92 Å². The van der Waals surface area contributed by atoms with Crippen LogP contribution < -0.4 is 0 Å². The van der Waals surface area contributed by atoms with Crippen molar-refractivity contribution in [2.24, 2.45) is 17.0 Å². The third-order valence-corrected chi connectivity index (χ3v) is 5.50. The average molecular weight is 375 g/mol. The SMILES string of the molecule is C=NC(=NC)c1cc2c(ccn2C)c(-c2sc(-c3cncnc3)nc2C)n1. The van der Waals surface area contributed by atoms with Gasteiger partial charge in [-0.2, -0.15) is 0 Å². The molecule has 0 aliphatic rings. The van der Waals surface area contributed by atoms with Crippen molar-refractivity contribution in [2.75, 3.05) is 7.05 Å². The molecule has 0 bridgehead atoms. The molecular formula is C19H17N7S. The molecule has 0 atom stereocenters. The number of rotatable bonds is 3. The molecule has 4 heterocycles. The van der Waals surface area contributed by atoms with E-state index in [0.717, 1.165) is 37.7 Å². The van der Waals surface area contributed by atoms with Gasteiger partial charge in [0, 0.05) is 43.6 Å². The molecule has 4 aromatic rings. The molecule has 0 N–H and O–H groups in total. The fourth-order valence-corrected chi connectivity index (χ4v) is 4.01. The van der Waals surface area contributed by atoms with Crippen LogP contribution in [-0.2, 0) is 7.05 Å². The molecular weight excluding hydrogens is 358 g/mol. The van der Waals surface area contributed by atoms with Gasteiger partial charge in [0.25, 0.3) is 0 Å². The minimum atomic E-state index is 0.512. The molecule has 7 nitrogen and oxygen atoms in total. The summed E-state index contributed by atoms with van der Waals surface area (Å²) in [4.78, 5) is 26.9. The summed E-state index contributed by atoms with van der Waals surface area (Å²) in [5, 5.41) is 1.92. The molecule has 0 amide bonds. The summed E-state index contributed by atoms with van der Waals surface area (Å²) >= 11 is 1.58. The van der Waals surface area contributed by atoms with E-state index in [-0.39, 0.29) is 0 Å². The minimum Gasteiger partial charge on any atom is -0.350 e. The number of amidine groups is 1. The summed E-state index contributed by atoms with van der Waals surface area (Å²) in [5.74, 6) is 0.512. The van der Waals surface area contributed by atoms with Crippen molar-refractivity contribution in [3.05, 3.63) is 48.4 Å². The molecule has 0 saturated carbocycles. The summed E-state index contributed by atoms with van der Waals surface area (Å²) in [6.07, 6.45) is 7.06. The summed E-state index contributed by atoms with van der Waals surface area (Å²) < 4.78 is 2.06. The van der Waals surface area contributed by atoms with Gasteiger partial charge in [-0.1, -0.05) is 0 Å². The highest BCUT2D eigenvalue weighted by Crippen LogP contribution is 2.37. The summed E-state index contributed by atoms with van der Waals surface area (Å²) in [5.41, 5.74) is 4.41. The lowest BCUT2D eigenvalue weighted by atomic mass is 10.1. The second-order valence-electron chi connectivity index (χ2n) is 5.98. The van der Waals surface area contributed by atoms with Crippen molar-refractivity contribution in [1.29, 1.82) is 0 Å². The monoisotopic (exact) mass is 375 g/mol. The molecule has 0 aliphatic carbocycles. The third-order valence-electron chi connectivity index (χ3n) is 4.29. The zero-order valence-corrected chi connectivity index (χ0v) is 16.0. The van der Waals surface area contributed by atoms with E-state index in [1.807, 2.05) is 26.2 Å². The van der Waals surface area contributed by atoms with E-state index >= 15 is 0 Å². The Morgan fingerprint density at radius 3 is 2.70 bits per heavy atom. The van der Waals surface area contributed by atoms with Crippen molar-refractivity contribution >= 4 is 34.8 Å². The van der Waals surface area contributed by atoms with E-state index in [1.54, 1.807) is 30.8 Å². The minimum absolute atomic E-state index is 0.512. The second kappa shape index (κ2) is 6.81. The largest absolute Gasteiger partial charge is 0.350 e. The van der Waals surface area contributed by atoms with Crippen molar-refractivity contribution < 1.29 is 0 Å². The highest BCUT2D eigenvalue weighted by molar-refractivity contribution is 7.18. The van der Waals surface area contributed by atoms with E-state index in [0.29, 0.717) is 11.5 Å². The predicted octanol–water partition coefficient (Wildman–Crippen LogP) is 3.54. The van der Waals surface area contributed by atoms with E-state index < -0.39 is 0 Å². The summed E-state index contributed by atoms with van der Waals surface area (Å²) in [6.45, 7) is 5.60. The van der Waals surface area contributed by atoms with E-state index in [1.165, 1.54) is 6.33 Å². The van der Waals surface area contributed by atoms with Crippen LogP contribution in [0.2, 0.25) is 0 Å². The lowest BCUT2D eigenvalue weighted by Crippen LogP contribution is -2.02. The highest BCUT2D eigenvalue weighted by Gasteiger charge is 2.18. The van der Waals surface area contributed by atoms with Crippen LogP contribution in [0.15, 0.2) is 47.0 Å². The first-order valence-corrected chi connectivity index (χ1v) is 9.07. The first kappa shape index (κ1) is 17.2. The fourth-order valence-electron chi connectivity index (χ4n) is 2.97. The van der Waals surface area contributed by atoms with E-state index in [2.05, 4.69) is 37.3 Å². The molecule has 0 aromatic carbocycles. The number of hydrogen-bond donors (Lipinski definition) is 0. The molecule has 0 unspecified atom stereocenters. The maximum atomic E-state index is 4.86. The van der Waals surface area contributed by atoms with Gasteiger partial charge >= 0.3 is 0 Å². The average Bonchev–Trinajstić information content (AvgIpc) is 3.26. The first-order valence-electron chi connectivity index (χ1n) is 8.25. The predicted molar refractivity (Wildman–Crippen MR) is 110 cm³/mol. The Bertz CT molecular complexity index is 1170. The molecule has 0 saturated heterocycles. The van der Waals surface area contributed by atoms with Gasteiger partial charge in [0.2, 0.25) is 0 Å². The third kappa shape index (κ3) is 2.93. The standard InChI is InChI=1S/C19H17N7S/c1-11-17(27-19(24-11)12-8-22-10-23-9-12)16-13-5-6-26(4)15(13)7-14(25-16)18(20-2)21-3/h5-10H,2H2,1,3-4H3.